The molecule has 1 aromatic carbocycles. The molecule has 1 aliphatic heterocycles. The number of unbranched alkanes of at least 4 members (excludes halogenated alkanes) is 1. The van der Waals surface area contributed by atoms with Crippen LogP contribution in [0.15, 0.2) is 23.5 Å². The quantitative estimate of drug-likeness (QED) is 0.577. The van der Waals surface area contributed by atoms with Crippen molar-refractivity contribution in [1.29, 1.82) is 0 Å². The molecule has 0 saturated heterocycles. The van der Waals surface area contributed by atoms with Gasteiger partial charge in [0.25, 0.3) is 5.91 Å². The Bertz CT molecular complexity index is 811. The number of hydrogen-bond acceptors (Lipinski definition) is 5. The third-order valence-electron chi connectivity index (χ3n) is 4.05. The number of ether oxygens (including phenoxy) is 1. The molecular weight excluding hydrogens is 378 g/mol. The van der Waals surface area contributed by atoms with Gasteiger partial charge >= 0.3 is 6.09 Å². The molecule has 0 radical (unpaired) electrons. The maximum Gasteiger partial charge on any atom is 0.416 e. The van der Waals surface area contributed by atoms with E-state index in [1.54, 1.807) is 0 Å². The van der Waals surface area contributed by atoms with Gasteiger partial charge in [-0.25, -0.2) is 18.5 Å². The van der Waals surface area contributed by atoms with Gasteiger partial charge in [-0.2, -0.15) is 0 Å². The number of thiocarbonyl (C=S) groups is 1. The molecule has 0 aromatic heterocycles. The van der Waals surface area contributed by atoms with Crippen molar-refractivity contribution in [2.24, 2.45) is 0 Å². The van der Waals surface area contributed by atoms with E-state index >= 15 is 0 Å². The fourth-order valence-corrected chi connectivity index (χ4v) is 2.76. The predicted octanol–water partition coefficient (Wildman–Crippen LogP) is 3.99. The molecular formula is C18H20F2N2O4S. The number of rotatable bonds is 5. The van der Waals surface area contributed by atoms with Gasteiger partial charge in [0.1, 0.15) is 28.0 Å². The second-order valence-electron chi connectivity index (χ2n) is 6.01. The van der Waals surface area contributed by atoms with Gasteiger partial charge in [-0.15, -0.1) is 0 Å². The summed E-state index contributed by atoms with van der Waals surface area (Å²) in [5.74, 6) is -2.73. The summed E-state index contributed by atoms with van der Waals surface area (Å²) in [5.41, 5.74) is -0.182. The lowest BCUT2D eigenvalue weighted by Crippen LogP contribution is -2.44. The minimum atomic E-state index is -0.827. The number of carbonyl (C=O) groups excluding carboxylic acids is 2. The van der Waals surface area contributed by atoms with Crippen LogP contribution in [0.2, 0.25) is 0 Å². The van der Waals surface area contributed by atoms with Crippen LogP contribution in [0, 0.1) is 18.6 Å². The Balaban J connectivity index is 2.19. The van der Waals surface area contributed by atoms with Gasteiger partial charge in [0, 0.05) is 30.3 Å². The Hall–Kier alpha value is -2.55. The van der Waals surface area contributed by atoms with E-state index in [0.717, 1.165) is 23.5 Å². The zero-order chi connectivity index (χ0) is 20.1. The highest BCUT2D eigenvalue weighted by molar-refractivity contribution is 7.81. The zero-order valence-electron chi connectivity index (χ0n) is 15.0. The number of nitrogens with one attached hydrogen (secondary N) is 1. The van der Waals surface area contributed by atoms with Crippen molar-refractivity contribution >= 4 is 34.9 Å². The Morgan fingerprint density at radius 1 is 1.41 bits per heavy atom. The number of aliphatic hydroxyl groups is 1. The van der Waals surface area contributed by atoms with Gasteiger partial charge in [0.05, 0.1) is 6.61 Å². The fourth-order valence-electron chi connectivity index (χ4n) is 2.45. The number of halogens is 2. The molecule has 0 unspecified atom stereocenters. The molecule has 0 saturated carbocycles. The Morgan fingerprint density at radius 2 is 2.11 bits per heavy atom. The lowest BCUT2D eigenvalue weighted by molar-refractivity contribution is -0.126. The minimum Gasteiger partial charge on any atom is -0.511 e. The second-order valence-corrected chi connectivity index (χ2v) is 6.42. The van der Waals surface area contributed by atoms with Crippen LogP contribution in [0.25, 0.3) is 0 Å². The van der Waals surface area contributed by atoms with Gasteiger partial charge < -0.3 is 15.2 Å². The molecule has 2 N–H and O–H groups in total. The van der Waals surface area contributed by atoms with Gasteiger partial charge in [0.15, 0.2) is 0 Å². The summed E-state index contributed by atoms with van der Waals surface area (Å²) in [6, 6.07) is 1.74. The molecule has 9 heteroatoms. The number of imide groups is 1. The van der Waals surface area contributed by atoms with Crippen molar-refractivity contribution in [3.8, 4) is 0 Å². The molecule has 27 heavy (non-hydrogen) atoms. The standard InChI is InChI=1S/C18H20F2N2O4S/c1-3-4-7-26-18(25)22-6-5-14(23)15(17(22)24)16(27)21-13-9-11(19)8-12(20)10(13)2/h8-9,23H,3-7H2,1-2H3,(H,21,27). The molecule has 2 rings (SSSR count). The Kier molecular flexibility index (Phi) is 6.84. The number of carbonyl (C=O) groups is 2. The van der Waals surface area contributed by atoms with Crippen molar-refractivity contribution in [3.05, 3.63) is 40.7 Å². The van der Waals surface area contributed by atoms with E-state index in [9.17, 15) is 23.5 Å². The fraction of sp³-hybridized carbons (Fsp3) is 0.389. The van der Waals surface area contributed by atoms with Crippen LogP contribution < -0.4 is 5.32 Å². The highest BCUT2D eigenvalue weighted by atomic mass is 32.1. The first-order valence-electron chi connectivity index (χ1n) is 8.44. The summed E-state index contributed by atoms with van der Waals surface area (Å²) in [4.78, 5) is 25.3. The second kappa shape index (κ2) is 8.90. The molecule has 0 bridgehead atoms. The molecule has 0 atom stereocenters. The number of benzene rings is 1. The summed E-state index contributed by atoms with van der Waals surface area (Å²) in [7, 11) is 0. The average Bonchev–Trinajstić information content (AvgIpc) is 2.59. The first-order valence-corrected chi connectivity index (χ1v) is 8.84. The van der Waals surface area contributed by atoms with E-state index in [4.69, 9.17) is 17.0 Å². The summed E-state index contributed by atoms with van der Waals surface area (Å²) < 4.78 is 32.2. The molecule has 146 valence electrons. The normalized spacial score (nSPS) is 14.4. The smallest absolute Gasteiger partial charge is 0.416 e. The molecule has 0 fully saturated rings. The van der Waals surface area contributed by atoms with E-state index in [0.29, 0.717) is 6.42 Å². The van der Waals surface area contributed by atoms with Crippen molar-refractivity contribution in [2.75, 3.05) is 18.5 Å². The van der Waals surface area contributed by atoms with Crippen LogP contribution in [0.3, 0.4) is 0 Å². The van der Waals surface area contributed by atoms with Crippen molar-refractivity contribution in [3.63, 3.8) is 0 Å². The monoisotopic (exact) mass is 398 g/mol. The van der Waals surface area contributed by atoms with E-state index in [1.807, 2.05) is 6.92 Å². The van der Waals surface area contributed by atoms with E-state index in [1.165, 1.54) is 6.92 Å². The van der Waals surface area contributed by atoms with Crippen molar-refractivity contribution in [1.82, 2.24) is 4.90 Å². The van der Waals surface area contributed by atoms with E-state index in [-0.39, 0.29) is 47.1 Å². The summed E-state index contributed by atoms with van der Waals surface area (Å²) in [6.07, 6.45) is 0.660. The molecule has 6 nitrogen and oxygen atoms in total. The lowest BCUT2D eigenvalue weighted by Gasteiger charge is -2.27. The van der Waals surface area contributed by atoms with Crippen molar-refractivity contribution in [2.45, 2.75) is 33.1 Å². The van der Waals surface area contributed by atoms with Crippen LogP contribution in [0.1, 0.15) is 31.7 Å². The van der Waals surface area contributed by atoms with Gasteiger partial charge in [-0.3, -0.25) is 4.79 Å². The maximum atomic E-state index is 13.7. The summed E-state index contributed by atoms with van der Waals surface area (Å²) in [6.45, 7) is 3.47. The Labute approximate surface area is 160 Å². The van der Waals surface area contributed by atoms with Gasteiger partial charge in [0.2, 0.25) is 0 Å². The number of nitrogens with zero attached hydrogens (tertiary/aromatic N) is 1. The van der Waals surface area contributed by atoms with Crippen LogP contribution in [0.4, 0.5) is 19.3 Å². The number of amides is 2. The molecule has 0 spiro atoms. The lowest BCUT2D eigenvalue weighted by atomic mass is 10.1. The third kappa shape index (κ3) is 4.79. The first-order chi connectivity index (χ1) is 12.8. The van der Waals surface area contributed by atoms with Gasteiger partial charge in [-0.1, -0.05) is 25.6 Å². The maximum absolute atomic E-state index is 13.7. The zero-order valence-corrected chi connectivity index (χ0v) is 15.8. The molecule has 1 aromatic rings. The highest BCUT2D eigenvalue weighted by Gasteiger charge is 2.34. The molecule has 1 heterocycles. The van der Waals surface area contributed by atoms with Crippen LogP contribution >= 0.6 is 12.2 Å². The molecule has 0 aliphatic carbocycles. The topological polar surface area (TPSA) is 78.9 Å². The van der Waals surface area contributed by atoms with Crippen molar-refractivity contribution < 1.29 is 28.2 Å². The number of aliphatic hydroxyl groups excluding tert-OH is 1. The first kappa shape index (κ1) is 20.8. The van der Waals surface area contributed by atoms with Crippen LogP contribution in [0.5, 0.6) is 0 Å². The Morgan fingerprint density at radius 3 is 2.78 bits per heavy atom. The number of anilines is 1. The van der Waals surface area contributed by atoms with E-state index < -0.39 is 23.6 Å². The highest BCUT2D eigenvalue weighted by Crippen LogP contribution is 2.24. The number of hydrogen-bond donors (Lipinski definition) is 2. The molecule has 2 amide bonds. The van der Waals surface area contributed by atoms with Crippen LogP contribution in [-0.2, 0) is 9.53 Å². The van der Waals surface area contributed by atoms with Crippen LogP contribution in [-0.4, -0.2) is 40.1 Å². The summed E-state index contributed by atoms with van der Waals surface area (Å²) in [5, 5.41) is 12.7. The SMILES string of the molecule is CCCCOC(=O)N1CCC(O)=C(C(=S)Nc2cc(F)cc(F)c2C)C1=O. The average molecular weight is 398 g/mol. The predicted molar refractivity (Wildman–Crippen MR) is 99.6 cm³/mol. The van der Waals surface area contributed by atoms with Gasteiger partial charge in [-0.05, 0) is 19.4 Å². The minimum absolute atomic E-state index is 0.00225. The van der Waals surface area contributed by atoms with E-state index in [2.05, 4.69) is 5.32 Å². The summed E-state index contributed by atoms with van der Waals surface area (Å²) >= 11 is 5.13. The largest absolute Gasteiger partial charge is 0.511 e. The molecule has 1 aliphatic rings. The third-order valence-corrected chi connectivity index (χ3v) is 4.35.